The Bertz CT molecular complexity index is 538. The lowest BCUT2D eigenvalue weighted by molar-refractivity contribution is 0.765. The summed E-state index contributed by atoms with van der Waals surface area (Å²) < 4.78 is 0. The minimum atomic E-state index is 0.0743. The van der Waals surface area contributed by atoms with Gasteiger partial charge in [-0.15, -0.1) is 0 Å². The summed E-state index contributed by atoms with van der Waals surface area (Å²) in [4.78, 5) is 0. The molecule has 0 bridgehead atoms. The lowest BCUT2D eigenvalue weighted by atomic mass is 10.0. The number of hydrogen-bond acceptors (Lipinski definition) is 0. The van der Waals surface area contributed by atoms with E-state index >= 15 is 0 Å². The number of hydrogen-bond donors (Lipinski definition) is 0. The summed E-state index contributed by atoms with van der Waals surface area (Å²) >= 11 is 0. The largest absolute Gasteiger partial charge is 0.0881 e. The molecule has 0 amide bonds. The van der Waals surface area contributed by atoms with E-state index in [9.17, 15) is 0 Å². The van der Waals surface area contributed by atoms with Crippen molar-refractivity contribution in [1.29, 1.82) is 0 Å². The molecule has 2 aromatic carbocycles. The lowest BCUT2D eigenvalue weighted by Gasteiger charge is -2.32. The first-order valence-electron chi connectivity index (χ1n) is 8.81. The summed E-state index contributed by atoms with van der Waals surface area (Å²) in [6.45, 7) is 0. The zero-order valence-electron chi connectivity index (χ0n) is 13.2. The molecule has 22 heavy (non-hydrogen) atoms. The SMILES string of the molecule is c1ccc([C@@H]2CC[C@@H](c3ccccc3)P2C2CCCC2)cc1. The summed E-state index contributed by atoms with van der Waals surface area (Å²) in [7, 11) is 0.0743. The van der Waals surface area contributed by atoms with Gasteiger partial charge in [0.25, 0.3) is 0 Å². The Hall–Kier alpha value is -1.13. The Morgan fingerprint density at radius 2 is 1.05 bits per heavy atom. The molecule has 0 unspecified atom stereocenters. The van der Waals surface area contributed by atoms with Crippen LogP contribution >= 0.6 is 7.92 Å². The fourth-order valence-electron chi connectivity index (χ4n) is 4.57. The Labute approximate surface area is 135 Å². The molecule has 1 heteroatoms. The molecular weight excluding hydrogens is 283 g/mol. The molecular formula is C21H25P. The van der Waals surface area contributed by atoms with Crippen LogP contribution in [0, 0.1) is 0 Å². The monoisotopic (exact) mass is 308 g/mol. The molecule has 0 N–H and O–H groups in total. The van der Waals surface area contributed by atoms with Crippen LogP contribution in [0.25, 0.3) is 0 Å². The van der Waals surface area contributed by atoms with Crippen molar-refractivity contribution in [2.45, 2.75) is 55.5 Å². The second-order valence-corrected chi connectivity index (χ2v) is 9.69. The highest BCUT2D eigenvalue weighted by molar-refractivity contribution is 7.59. The molecule has 4 rings (SSSR count). The maximum atomic E-state index is 2.38. The topological polar surface area (TPSA) is 0 Å². The third kappa shape index (κ3) is 2.74. The fourth-order valence-corrected chi connectivity index (χ4v) is 8.91. The summed E-state index contributed by atoms with van der Waals surface area (Å²) in [5.74, 6) is 0. The van der Waals surface area contributed by atoms with Crippen molar-refractivity contribution < 1.29 is 0 Å². The van der Waals surface area contributed by atoms with E-state index in [1.165, 1.54) is 38.5 Å². The van der Waals surface area contributed by atoms with Gasteiger partial charge < -0.3 is 0 Å². The summed E-state index contributed by atoms with van der Waals surface area (Å²) in [6, 6.07) is 22.7. The van der Waals surface area contributed by atoms with Crippen LogP contribution < -0.4 is 0 Å². The van der Waals surface area contributed by atoms with E-state index < -0.39 is 0 Å². The van der Waals surface area contributed by atoms with Crippen molar-refractivity contribution in [1.82, 2.24) is 0 Å². The van der Waals surface area contributed by atoms with Gasteiger partial charge in [-0.05, 0) is 42.5 Å². The second-order valence-electron chi connectivity index (χ2n) is 6.82. The molecule has 0 nitrogen and oxygen atoms in total. The molecule has 1 heterocycles. The quantitative estimate of drug-likeness (QED) is 0.554. The van der Waals surface area contributed by atoms with Gasteiger partial charge in [0.15, 0.2) is 0 Å². The third-order valence-corrected chi connectivity index (χ3v) is 9.46. The van der Waals surface area contributed by atoms with Crippen molar-refractivity contribution in [3.63, 3.8) is 0 Å². The van der Waals surface area contributed by atoms with Crippen LogP contribution in [0.3, 0.4) is 0 Å². The molecule has 1 saturated carbocycles. The van der Waals surface area contributed by atoms with Crippen molar-refractivity contribution in [2.24, 2.45) is 0 Å². The Balaban J connectivity index is 1.68. The van der Waals surface area contributed by atoms with Crippen molar-refractivity contribution in [2.75, 3.05) is 0 Å². The fraction of sp³-hybridized carbons (Fsp3) is 0.429. The first-order valence-corrected chi connectivity index (χ1v) is 10.4. The predicted molar refractivity (Wildman–Crippen MR) is 96.8 cm³/mol. The Kier molecular flexibility index (Phi) is 4.30. The maximum Gasteiger partial charge on any atom is 0.00501 e. The molecule has 2 aliphatic rings. The molecule has 0 aromatic heterocycles. The molecule has 1 saturated heterocycles. The van der Waals surface area contributed by atoms with Gasteiger partial charge in [0.1, 0.15) is 0 Å². The van der Waals surface area contributed by atoms with E-state index in [1.54, 1.807) is 11.1 Å². The van der Waals surface area contributed by atoms with Crippen LogP contribution in [0.4, 0.5) is 0 Å². The normalized spacial score (nSPS) is 26.5. The molecule has 2 aromatic rings. The standard InChI is InChI=1S/C21H25P/c1-3-9-17(10-4-1)20-15-16-21(18-11-5-2-6-12-18)22(20)19-13-7-8-14-19/h1-6,9-12,19-21H,7-8,13-16H2/t20-,21-/m0/s1. The second kappa shape index (κ2) is 6.55. The molecule has 0 spiro atoms. The predicted octanol–water partition coefficient (Wildman–Crippen LogP) is 6.69. The van der Waals surface area contributed by atoms with Gasteiger partial charge in [0.05, 0.1) is 0 Å². The molecule has 1 aliphatic heterocycles. The highest BCUT2D eigenvalue weighted by atomic mass is 31.1. The van der Waals surface area contributed by atoms with Crippen LogP contribution in [-0.4, -0.2) is 5.66 Å². The van der Waals surface area contributed by atoms with Crippen molar-refractivity contribution in [3.8, 4) is 0 Å². The molecule has 114 valence electrons. The first-order chi connectivity index (χ1) is 10.9. The molecule has 2 fully saturated rings. The average molecular weight is 308 g/mol. The van der Waals surface area contributed by atoms with Gasteiger partial charge in [-0.25, -0.2) is 0 Å². The number of rotatable bonds is 3. The summed E-state index contributed by atoms with van der Waals surface area (Å²) in [5.41, 5.74) is 5.90. The minimum Gasteiger partial charge on any atom is -0.0881 e. The smallest absolute Gasteiger partial charge is 0.00501 e. The number of benzene rings is 2. The lowest BCUT2D eigenvalue weighted by Crippen LogP contribution is -2.06. The van der Waals surface area contributed by atoms with Crippen LogP contribution in [0.15, 0.2) is 60.7 Å². The highest BCUT2D eigenvalue weighted by Crippen LogP contribution is 2.74. The van der Waals surface area contributed by atoms with E-state index in [0.717, 1.165) is 17.0 Å². The van der Waals surface area contributed by atoms with Gasteiger partial charge in [-0.1, -0.05) is 81.4 Å². The Morgan fingerprint density at radius 1 is 0.591 bits per heavy atom. The van der Waals surface area contributed by atoms with Crippen LogP contribution in [0.2, 0.25) is 0 Å². The highest BCUT2D eigenvalue weighted by Gasteiger charge is 2.42. The zero-order chi connectivity index (χ0) is 14.8. The van der Waals surface area contributed by atoms with Gasteiger partial charge in [-0.2, -0.15) is 0 Å². The van der Waals surface area contributed by atoms with Gasteiger partial charge in [0.2, 0.25) is 0 Å². The van der Waals surface area contributed by atoms with Gasteiger partial charge >= 0.3 is 0 Å². The van der Waals surface area contributed by atoms with E-state index in [2.05, 4.69) is 60.7 Å². The first kappa shape index (κ1) is 14.5. The maximum absolute atomic E-state index is 2.38. The van der Waals surface area contributed by atoms with Crippen LogP contribution in [-0.2, 0) is 0 Å². The van der Waals surface area contributed by atoms with Gasteiger partial charge in [0, 0.05) is 11.3 Å². The van der Waals surface area contributed by atoms with E-state index in [0.29, 0.717) is 0 Å². The Morgan fingerprint density at radius 3 is 1.50 bits per heavy atom. The van der Waals surface area contributed by atoms with Crippen LogP contribution in [0.5, 0.6) is 0 Å². The average Bonchev–Trinajstić information content (AvgIpc) is 3.25. The third-order valence-electron chi connectivity index (χ3n) is 5.55. The van der Waals surface area contributed by atoms with E-state index in [1.807, 2.05) is 0 Å². The summed E-state index contributed by atoms with van der Waals surface area (Å²) in [6.07, 6.45) is 8.69. The zero-order valence-corrected chi connectivity index (χ0v) is 14.1. The minimum absolute atomic E-state index is 0.0743. The van der Waals surface area contributed by atoms with E-state index in [4.69, 9.17) is 0 Å². The molecule has 1 aliphatic carbocycles. The van der Waals surface area contributed by atoms with Gasteiger partial charge in [-0.3, -0.25) is 0 Å². The summed E-state index contributed by atoms with van der Waals surface area (Å²) in [5, 5.41) is 0. The molecule has 2 atom stereocenters. The van der Waals surface area contributed by atoms with E-state index in [-0.39, 0.29) is 7.92 Å². The van der Waals surface area contributed by atoms with Crippen molar-refractivity contribution >= 4 is 7.92 Å². The van der Waals surface area contributed by atoms with Crippen molar-refractivity contribution in [3.05, 3.63) is 71.8 Å². The van der Waals surface area contributed by atoms with Crippen LogP contribution in [0.1, 0.15) is 61.0 Å². The molecule has 0 radical (unpaired) electrons.